The van der Waals surface area contributed by atoms with Crippen LogP contribution in [0.3, 0.4) is 0 Å². The summed E-state index contributed by atoms with van der Waals surface area (Å²) in [6.45, 7) is 5.22. The van der Waals surface area contributed by atoms with E-state index in [0.29, 0.717) is 12.0 Å². The van der Waals surface area contributed by atoms with E-state index in [0.717, 1.165) is 18.5 Å². The fourth-order valence-corrected chi connectivity index (χ4v) is 1.94. The first-order valence-corrected chi connectivity index (χ1v) is 6.16. The molecule has 88 valence electrons. The smallest absolute Gasteiger partial charge is 0.123 e. The lowest BCUT2D eigenvalue weighted by atomic mass is 9.98. The van der Waals surface area contributed by atoms with Crippen LogP contribution in [0.1, 0.15) is 37.8 Å². The van der Waals surface area contributed by atoms with Gasteiger partial charge in [0, 0.05) is 12.6 Å². The summed E-state index contributed by atoms with van der Waals surface area (Å²) < 4.78 is 13.2. The van der Waals surface area contributed by atoms with E-state index in [1.165, 1.54) is 18.4 Å². The van der Waals surface area contributed by atoms with Crippen molar-refractivity contribution in [2.24, 2.45) is 5.92 Å². The lowest BCUT2D eigenvalue weighted by Crippen LogP contribution is -2.17. The van der Waals surface area contributed by atoms with E-state index < -0.39 is 0 Å². The first kappa shape index (κ1) is 11.6. The standard InChI is InChI=1S/C14H20FN/c1-10(2)7-12-8-13(15)4-3-11(12)9-16-14-5-6-14/h3-4,8,10,14,16H,5-7,9H2,1-2H3. The van der Waals surface area contributed by atoms with E-state index >= 15 is 0 Å². The van der Waals surface area contributed by atoms with Crippen molar-refractivity contribution < 1.29 is 4.39 Å². The zero-order valence-corrected chi connectivity index (χ0v) is 10.1. The van der Waals surface area contributed by atoms with Crippen molar-refractivity contribution in [3.63, 3.8) is 0 Å². The monoisotopic (exact) mass is 221 g/mol. The maximum atomic E-state index is 13.2. The second kappa shape index (κ2) is 4.96. The Kier molecular flexibility index (Phi) is 3.59. The number of hydrogen-bond acceptors (Lipinski definition) is 1. The average Bonchev–Trinajstić information content (AvgIpc) is 2.99. The van der Waals surface area contributed by atoms with E-state index in [2.05, 4.69) is 19.2 Å². The summed E-state index contributed by atoms with van der Waals surface area (Å²) in [6.07, 6.45) is 3.54. The fourth-order valence-electron chi connectivity index (χ4n) is 1.94. The Morgan fingerprint density at radius 3 is 2.69 bits per heavy atom. The molecule has 0 heterocycles. The van der Waals surface area contributed by atoms with E-state index in [-0.39, 0.29) is 5.82 Å². The van der Waals surface area contributed by atoms with Gasteiger partial charge >= 0.3 is 0 Å². The van der Waals surface area contributed by atoms with Gasteiger partial charge in [-0.15, -0.1) is 0 Å². The van der Waals surface area contributed by atoms with Gasteiger partial charge in [0.15, 0.2) is 0 Å². The predicted molar refractivity (Wildman–Crippen MR) is 64.8 cm³/mol. The van der Waals surface area contributed by atoms with Crippen LogP contribution in [-0.4, -0.2) is 6.04 Å². The van der Waals surface area contributed by atoms with Gasteiger partial charge in [0.25, 0.3) is 0 Å². The van der Waals surface area contributed by atoms with E-state index in [4.69, 9.17) is 0 Å². The third-order valence-electron chi connectivity index (χ3n) is 2.96. The van der Waals surface area contributed by atoms with Crippen molar-refractivity contribution in [2.75, 3.05) is 0 Å². The largest absolute Gasteiger partial charge is 0.310 e. The van der Waals surface area contributed by atoms with Crippen LogP contribution in [0.4, 0.5) is 4.39 Å². The summed E-state index contributed by atoms with van der Waals surface area (Å²) in [5.74, 6) is 0.451. The van der Waals surface area contributed by atoms with Gasteiger partial charge in [-0.3, -0.25) is 0 Å². The third kappa shape index (κ3) is 3.31. The summed E-state index contributed by atoms with van der Waals surface area (Å²) in [5, 5.41) is 3.48. The SMILES string of the molecule is CC(C)Cc1cc(F)ccc1CNC1CC1. The van der Waals surface area contributed by atoms with Crippen molar-refractivity contribution in [1.82, 2.24) is 5.32 Å². The maximum absolute atomic E-state index is 13.2. The molecule has 1 N–H and O–H groups in total. The lowest BCUT2D eigenvalue weighted by molar-refractivity contribution is 0.602. The van der Waals surface area contributed by atoms with Crippen LogP contribution >= 0.6 is 0 Å². The van der Waals surface area contributed by atoms with Crippen LogP contribution < -0.4 is 5.32 Å². The zero-order valence-electron chi connectivity index (χ0n) is 10.1. The topological polar surface area (TPSA) is 12.0 Å². The summed E-state index contributed by atoms with van der Waals surface area (Å²) in [5.41, 5.74) is 2.41. The van der Waals surface area contributed by atoms with E-state index in [1.54, 1.807) is 12.1 Å². The van der Waals surface area contributed by atoms with Crippen LogP contribution in [0.5, 0.6) is 0 Å². The van der Waals surface area contributed by atoms with Gasteiger partial charge in [-0.2, -0.15) is 0 Å². The van der Waals surface area contributed by atoms with Crippen molar-refractivity contribution in [2.45, 2.75) is 45.7 Å². The van der Waals surface area contributed by atoms with Gasteiger partial charge in [-0.25, -0.2) is 4.39 Å². The molecule has 1 fully saturated rings. The molecule has 0 saturated heterocycles. The molecule has 1 aliphatic carbocycles. The van der Waals surface area contributed by atoms with Gasteiger partial charge in [0.05, 0.1) is 0 Å². The Hall–Kier alpha value is -0.890. The maximum Gasteiger partial charge on any atom is 0.123 e. The Balaban J connectivity index is 2.06. The number of nitrogens with one attached hydrogen (secondary N) is 1. The van der Waals surface area contributed by atoms with Crippen molar-refractivity contribution in [3.8, 4) is 0 Å². The van der Waals surface area contributed by atoms with Gasteiger partial charge < -0.3 is 5.32 Å². The molecule has 0 aliphatic heterocycles. The first-order chi connectivity index (χ1) is 7.65. The highest BCUT2D eigenvalue weighted by Gasteiger charge is 2.20. The van der Waals surface area contributed by atoms with Crippen LogP contribution in [0.25, 0.3) is 0 Å². The highest BCUT2D eigenvalue weighted by Crippen LogP contribution is 2.21. The third-order valence-corrected chi connectivity index (χ3v) is 2.96. The van der Waals surface area contributed by atoms with Crippen molar-refractivity contribution >= 4 is 0 Å². The molecule has 16 heavy (non-hydrogen) atoms. The van der Waals surface area contributed by atoms with Crippen molar-refractivity contribution in [3.05, 3.63) is 35.1 Å². The number of halogens is 1. The number of benzene rings is 1. The Labute approximate surface area is 97.1 Å². The minimum atomic E-state index is -0.120. The first-order valence-electron chi connectivity index (χ1n) is 6.16. The second-order valence-corrected chi connectivity index (χ2v) is 5.17. The van der Waals surface area contributed by atoms with E-state index in [1.807, 2.05) is 6.07 Å². The normalized spacial score (nSPS) is 15.8. The fraction of sp³-hybridized carbons (Fsp3) is 0.571. The molecule has 0 unspecified atom stereocenters. The second-order valence-electron chi connectivity index (χ2n) is 5.17. The Morgan fingerprint density at radius 2 is 2.06 bits per heavy atom. The van der Waals surface area contributed by atoms with Crippen LogP contribution in [0, 0.1) is 11.7 Å². The molecule has 1 aromatic rings. The molecule has 1 aromatic carbocycles. The summed E-state index contributed by atoms with van der Waals surface area (Å²) in [4.78, 5) is 0. The number of hydrogen-bond donors (Lipinski definition) is 1. The molecule has 0 atom stereocenters. The molecule has 0 amide bonds. The molecule has 1 nitrogen and oxygen atoms in total. The molecule has 0 aromatic heterocycles. The number of rotatable bonds is 5. The van der Waals surface area contributed by atoms with Gasteiger partial charge in [-0.05, 0) is 48.4 Å². The lowest BCUT2D eigenvalue weighted by Gasteiger charge is -2.12. The summed E-state index contributed by atoms with van der Waals surface area (Å²) in [7, 11) is 0. The Morgan fingerprint density at radius 1 is 1.31 bits per heavy atom. The summed E-state index contributed by atoms with van der Waals surface area (Å²) >= 11 is 0. The molecule has 1 aliphatic rings. The van der Waals surface area contributed by atoms with Gasteiger partial charge in [0.2, 0.25) is 0 Å². The summed E-state index contributed by atoms with van der Waals surface area (Å²) in [6, 6.07) is 5.87. The highest BCUT2D eigenvalue weighted by molar-refractivity contribution is 5.28. The van der Waals surface area contributed by atoms with Crippen molar-refractivity contribution in [1.29, 1.82) is 0 Å². The van der Waals surface area contributed by atoms with Crippen LogP contribution in [0.15, 0.2) is 18.2 Å². The van der Waals surface area contributed by atoms with Gasteiger partial charge in [-0.1, -0.05) is 19.9 Å². The van der Waals surface area contributed by atoms with Crippen LogP contribution in [0.2, 0.25) is 0 Å². The minimum Gasteiger partial charge on any atom is -0.310 e. The predicted octanol–water partition coefficient (Wildman–Crippen LogP) is 3.28. The quantitative estimate of drug-likeness (QED) is 0.804. The van der Waals surface area contributed by atoms with E-state index in [9.17, 15) is 4.39 Å². The molecule has 0 bridgehead atoms. The van der Waals surface area contributed by atoms with Crippen LogP contribution in [-0.2, 0) is 13.0 Å². The molecule has 0 spiro atoms. The molecule has 0 radical (unpaired) electrons. The zero-order chi connectivity index (χ0) is 11.5. The molecular formula is C14H20FN. The molecule has 2 heteroatoms. The van der Waals surface area contributed by atoms with Gasteiger partial charge in [0.1, 0.15) is 5.82 Å². The average molecular weight is 221 g/mol. The molecule has 1 saturated carbocycles. The molecular weight excluding hydrogens is 201 g/mol. The molecule has 2 rings (SSSR count). The minimum absolute atomic E-state index is 0.120. The highest BCUT2D eigenvalue weighted by atomic mass is 19.1. The Bertz CT molecular complexity index is 356.